The number of nitrogens with zero attached hydrogens (tertiary/aromatic N) is 3. The van der Waals surface area contributed by atoms with E-state index in [4.69, 9.17) is 18.3 Å². The molecule has 1 atom stereocenters. The summed E-state index contributed by atoms with van der Waals surface area (Å²) >= 11 is 0. The van der Waals surface area contributed by atoms with Crippen molar-refractivity contribution in [1.82, 2.24) is 9.88 Å². The van der Waals surface area contributed by atoms with Crippen LogP contribution in [0.1, 0.15) is 17.5 Å². The van der Waals surface area contributed by atoms with E-state index >= 15 is 0 Å². The number of rotatable bonds is 7. The van der Waals surface area contributed by atoms with Gasteiger partial charge < -0.3 is 23.6 Å². The van der Waals surface area contributed by atoms with Gasteiger partial charge in [-0.2, -0.15) is 10.2 Å². The lowest BCUT2D eigenvalue weighted by Gasteiger charge is -2.33. The van der Waals surface area contributed by atoms with Crippen molar-refractivity contribution < 1.29 is 18.3 Å². The molecule has 0 aliphatic carbocycles. The minimum absolute atomic E-state index is 0.00465. The van der Waals surface area contributed by atoms with Crippen LogP contribution in [-0.4, -0.2) is 49.8 Å². The lowest BCUT2D eigenvalue weighted by Crippen LogP contribution is -2.41. The Kier molecular flexibility index (Phi) is 5.79. The smallest absolute Gasteiger partial charge is 0.232 e. The fourth-order valence-electron chi connectivity index (χ4n) is 3.34. The van der Waals surface area contributed by atoms with Gasteiger partial charge in [0.2, 0.25) is 17.5 Å². The zero-order valence-electron chi connectivity index (χ0n) is 16.1. The van der Waals surface area contributed by atoms with Crippen molar-refractivity contribution in [3.8, 4) is 23.3 Å². The second-order valence-electron chi connectivity index (χ2n) is 6.60. The summed E-state index contributed by atoms with van der Waals surface area (Å²) < 4.78 is 22.1. The zero-order valence-corrected chi connectivity index (χ0v) is 16.1. The first-order valence-corrected chi connectivity index (χ1v) is 9.43. The summed E-state index contributed by atoms with van der Waals surface area (Å²) in [6, 6.07) is 13.3. The highest BCUT2D eigenvalue weighted by atomic mass is 16.5. The summed E-state index contributed by atoms with van der Waals surface area (Å²) in [5.41, 5.74) is 0.988. The van der Waals surface area contributed by atoms with Crippen LogP contribution < -0.4 is 10.1 Å². The van der Waals surface area contributed by atoms with E-state index in [2.05, 4.69) is 21.3 Å². The minimum atomic E-state index is -0.00465. The molecule has 0 bridgehead atoms. The average Bonchev–Trinajstić information content (AvgIpc) is 3.45. The van der Waals surface area contributed by atoms with E-state index in [1.807, 2.05) is 36.4 Å². The number of anilines is 1. The molecule has 2 aromatic heterocycles. The number of methoxy groups -OCH3 is 1. The molecule has 3 aromatic rings. The topological polar surface area (TPSA) is 96.7 Å². The van der Waals surface area contributed by atoms with Gasteiger partial charge in [0.15, 0.2) is 0 Å². The van der Waals surface area contributed by atoms with Crippen molar-refractivity contribution in [3.05, 3.63) is 54.1 Å². The molecule has 0 saturated carbocycles. The van der Waals surface area contributed by atoms with Crippen LogP contribution in [0.25, 0.3) is 11.5 Å². The first-order chi connectivity index (χ1) is 14.3. The third kappa shape index (κ3) is 4.26. The van der Waals surface area contributed by atoms with E-state index in [0.29, 0.717) is 31.5 Å². The van der Waals surface area contributed by atoms with Crippen LogP contribution in [0.2, 0.25) is 0 Å². The highest BCUT2D eigenvalue weighted by molar-refractivity contribution is 5.59. The van der Waals surface area contributed by atoms with Crippen molar-refractivity contribution in [1.29, 1.82) is 5.26 Å². The molecule has 0 spiro atoms. The van der Waals surface area contributed by atoms with Crippen molar-refractivity contribution in [3.63, 3.8) is 0 Å². The number of morpholine rings is 1. The van der Waals surface area contributed by atoms with Crippen LogP contribution in [0, 0.1) is 11.3 Å². The molecule has 29 heavy (non-hydrogen) atoms. The summed E-state index contributed by atoms with van der Waals surface area (Å²) in [7, 11) is 1.61. The van der Waals surface area contributed by atoms with Crippen molar-refractivity contribution >= 4 is 5.88 Å². The number of hydrogen-bond donors (Lipinski definition) is 1. The number of nitrogens with one attached hydrogen (secondary N) is 1. The van der Waals surface area contributed by atoms with Gasteiger partial charge in [-0.25, -0.2) is 0 Å². The third-order valence-corrected chi connectivity index (χ3v) is 4.88. The molecule has 3 heterocycles. The molecular formula is C21H22N4O4. The highest BCUT2D eigenvalue weighted by Gasteiger charge is 2.26. The number of aromatic nitrogens is 1. The Balaban J connectivity index is 1.53. The number of furan rings is 1. The van der Waals surface area contributed by atoms with E-state index < -0.39 is 0 Å². The van der Waals surface area contributed by atoms with Crippen LogP contribution in [-0.2, 0) is 4.74 Å². The predicted octanol–water partition coefficient (Wildman–Crippen LogP) is 3.30. The summed E-state index contributed by atoms with van der Waals surface area (Å²) in [5.74, 6) is 2.33. The summed E-state index contributed by atoms with van der Waals surface area (Å²) in [5, 5.41) is 12.7. The lowest BCUT2D eigenvalue weighted by molar-refractivity contribution is 0.0144. The maximum atomic E-state index is 9.48. The standard InChI is InChI=1S/C21H22N4O4/c1-26-16-6-4-15(5-7-16)20-24-17(13-22)21(29-20)23-14-18(19-3-2-10-28-19)25-8-11-27-12-9-25/h2-7,10,18,23H,8-9,11-12,14H2,1H3/t18-/m1/s1. The second kappa shape index (κ2) is 8.82. The van der Waals surface area contributed by atoms with E-state index in [1.54, 1.807) is 13.4 Å². The number of hydrogen-bond acceptors (Lipinski definition) is 8. The molecule has 0 unspecified atom stereocenters. The first-order valence-electron chi connectivity index (χ1n) is 9.43. The molecule has 4 rings (SSSR count). The Morgan fingerprint density at radius 1 is 1.24 bits per heavy atom. The summed E-state index contributed by atoms with van der Waals surface area (Å²) in [6.45, 7) is 3.51. The van der Waals surface area contributed by atoms with Gasteiger partial charge in [-0.1, -0.05) is 0 Å². The van der Waals surface area contributed by atoms with Gasteiger partial charge >= 0.3 is 0 Å². The van der Waals surface area contributed by atoms with Crippen molar-refractivity contribution in [2.45, 2.75) is 6.04 Å². The first kappa shape index (κ1) is 19.1. The van der Waals surface area contributed by atoms with Crippen LogP contribution in [0.4, 0.5) is 5.88 Å². The quantitative estimate of drug-likeness (QED) is 0.652. The normalized spacial score (nSPS) is 15.6. The van der Waals surface area contributed by atoms with Crippen LogP contribution >= 0.6 is 0 Å². The molecule has 8 nitrogen and oxygen atoms in total. The van der Waals surface area contributed by atoms with E-state index in [-0.39, 0.29) is 11.7 Å². The summed E-state index contributed by atoms with van der Waals surface area (Å²) in [6.07, 6.45) is 1.67. The highest BCUT2D eigenvalue weighted by Crippen LogP contribution is 2.28. The molecule has 150 valence electrons. The van der Waals surface area contributed by atoms with Crippen LogP contribution in [0.5, 0.6) is 5.75 Å². The molecule has 8 heteroatoms. The molecule has 0 amide bonds. The number of benzene rings is 1. The van der Waals surface area contributed by atoms with Gasteiger partial charge in [-0.15, -0.1) is 0 Å². The molecule has 1 saturated heterocycles. The lowest BCUT2D eigenvalue weighted by atomic mass is 10.1. The number of oxazole rings is 1. The molecule has 0 radical (unpaired) electrons. The number of ether oxygens (including phenoxy) is 2. The molecule has 1 aromatic carbocycles. The van der Waals surface area contributed by atoms with Crippen molar-refractivity contribution in [2.75, 3.05) is 45.3 Å². The molecule has 1 N–H and O–H groups in total. The van der Waals surface area contributed by atoms with Crippen LogP contribution in [0.15, 0.2) is 51.5 Å². The molecule has 1 aliphatic heterocycles. The van der Waals surface area contributed by atoms with Gasteiger partial charge in [0.05, 0.1) is 32.6 Å². The molecular weight excluding hydrogens is 372 g/mol. The van der Waals surface area contributed by atoms with E-state index in [9.17, 15) is 5.26 Å². The van der Waals surface area contributed by atoms with Gasteiger partial charge in [-0.05, 0) is 36.4 Å². The average molecular weight is 394 g/mol. The van der Waals surface area contributed by atoms with Crippen LogP contribution in [0.3, 0.4) is 0 Å². The van der Waals surface area contributed by atoms with Gasteiger partial charge in [0.25, 0.3) is 0 Å². The monoisotopic (exact) mass is 394 g/mol. The Labute approximate surface area is 168 Å². The minimum Gasteiger partial charge on any atom is -0.497 e. The Hall–Kier alpha value is -3.28. The van der Waals surface area contributed by atoms with Gasteiger partial charge in [0.1, 0.15) is 17.6 Å². The Bertz CT molecular complexity index is 954. The maximum Gasteiger partial charge on any atom is 0.232 e. The summed E-state index contributed by atoms with van der Waals surface area (Å²) in [4.78, 5) is 6.61. The van der Waals surface area contributed by atoms with Gasteiger partial charge in [0, 0.05) is 25.2 Å². The SMILES string of the molecule is COc1ccc(-c2nc(C#N)c(NC[C@H](c3ccco3)N3CCOCC3)o2)cc1. The van der Waals surface area contributed by atoms with Crippen molar-refractivity contribution in [2.24, 2.45) is 0 Å². The largest absolute Gasteiger partial charge is 0.497 e. The fraction of sp³-hybridized carbons (Fsp3) is 0.333. The second-order valence-corrected chi connectivity index (χ2v) is 6.60. The third-order valence-electron chi connectivity index (χ3n) is 4.88. The maximum absolute atomic E-state index is 9.48. The fourth-order valence-corrected chi connectivity index (χ4v) is 3.34. The Morgan fingerprint density at radius 2 is 2.03 bits per heavy atom. The predicted molar refractivity (Wildman–Crippen MR) is 106 cm³/mol. The number of nitriles is 1. The Morgan fingerprint density at radius 3 is 2.69 bits per heavy atom. The zero-order chi connectivity index (χ0) is 20.1. The van der Waals surface area contributed by atoms with E-state index in [1.165, 1.54) is 0 Å². The molecule has 1 aliphatic rings. The molecule has 1 fully saturated rings. The van der Waals surface area contributed by atoms with E-state index in [0.717, 1.165) is 30.2 Å². The van der Waals surface area contributed by atoms with Gasteiger partial charge in [-0.3, -0.25) is 4.90 Å².